The maximum absolute atomic E-state index is 13.7. The zero-order valence-corrected chi connectivity index (χ0v) is 9.20. The van der Waals surface area contributed by atoms with E-state index in [1.165, 1.54) is 23.9 Å². The third kappa shape index (κ3) is 2.32. The third-order valence-corrected chi connectivity index (χ3v) is 3.38. The summed E-state index contributed by atoms with van der Waals surface area (Å²) in [5.74, 6) is -0.843. The van der Waals surface area contributed by atoms with Crippen molar-refractivity contribution in [3.8, 4) is 0 Å². The quantitative estimate of drug-likeness (QED) is 0.806. The van der Waals surface area contributed by atoms with Crippen LogP contribution >= 0.6 is 11.8 Å². The molecule has 1 nitrogen and oxygen atoms in total. The molecular weight excluding hydrogens is 218 g/mol. The van der Waals surface area contributed by atoms with Crippen LogP contribution in [0.4, 0.5) is 8.78 Å². The van der Waals surface area contributed by atoms with Crippen molar-refractivity contribution in [3.63, 3.8) is 0 Å². The van der Waals surface area contributed by atoms with Crippen LogP contribution in [0.5, 0.6) is 0 Å². The molecule has 0 saturated heterocycles. The predicted octanol–water partition coefficient (Wildman–Crippen LogP) is 2.75. The van der Waals surface area contributed by atoms with Crippen molar-refractivity contribution >= 4 is 11.8 Å². The van der Waals surface area contributed by atoms with Crippen molar-refractivity contribution < 1.29 is 13.9 Å². The Kier molecular flexibility index (Phi) is 2.73. The molecule has 1 aromatic rings. The molecule has 1 N–H and O–H groups in total. The Hall–Kier alpha value is -0.610. The Balaban J connectivity index is 2.32. The highest BCUT2D eigenvalue weighted by Crippen LogP contribution is 2.39. The largest absolute Gasteiger partial charge is 0.390 e. The summed E-state index contributed by atoms with van der Waals surface area (Å²) in [6.07, 6.45) is 3.27. The van der Waals surface area contributed by atoms with Crippen molar-refractivity contribution in [3.05, 3.63) is 29.3 Å². The smallest absolute Gasteiger partial charge is 0.140 e. The Morgan fingerprint density at radius 1 is 1.40 bits per heavy atom. The van der Waals surface area contributed by atoms with Crippen LogP contribution in [-0.2, 0) is 6.42 Å². The Bertz CT molecular complexity index is 388. The number of aliphatic hydroxyl groups is 1. The van der Waals surface area contributed by atoms with E-state index in [2.05, 4.69) is 0 Å². The van der Waals surface area contributed by atoms with Crippen molar-refractivity contribution in [1.29, 1.82) is 0 Å². The lowest BCUT2D eigenvalue weighted by Crippen LogP contribution is -2.12. The van der Waals surface area contributed by atoms with Crippen LogP contribution in [0.1, 0.15) is 18.4 Å². The van der Waals surface area contributed by atoms with E-state index in [4.69, 9.17) is 0 Å². The van der Waals surface area contributed by atoms with Crippen LogP contribution in [-0.4, -0.2) is 17.0 Å². The molecular formula is C11H12F2OS. The van der Waals surface area contributed by atoms with E-state index in [-0.39, 0.29) is 12.0 Å². The van der Waals surface area contributed by atoms with Gasteiger partial charge in [-0.2, -0.15) is 0 Å². The molecule has 0 bridgehead atoms. The fourth-order valence-corrected chi connectivity index (χ4v) is 2.11. The summed E-state index contributed by atoms with van der Waals surface area (Å²) < 4.78 is 26.8. The SMILES string of the molecule is CSc1cc(F)cc(CC2(O)CC2)c1F. The highest BCUT2D eigenvalue weighted by molar-refractivity contribution is 7.98. The molecule has 0 unspecified atom stereocenters. The number of hydrogen-bond donors (Lipinski definition) is 1. The van der Waals surface area contributed by atoms with E-state index < -0.39 is 17.2 Å². The van der Waals surface area contributed by atoms with Crippen LogP contribution in [0.2, 0.25) is 0 Å². The minimum atomic E-state index is -0.787. The molecule has 0 aliphatic heterocycles. The minimum Gasteiger partial charge on any atom is -0.390 e. The van der Waals surface area contributed by atoms with Gasteiger partial charge in [-0.15, -0.1) is 11.8 Å². The standard InChI is InChI=1S/C11H12F2OS/c1-15-9-5-8(12)4-7(10(9)13)6-11(14)2-3-11/h4-5,14H,2-3,6H2,1H3. The fourth-order valence-electron chi connectivity index (χ4n) is 1.57. The predicted molar refractivity (Wildman–Crippen MR) is 56.0 cm³/mol. The molecule has 1 saturated carbocycles. The van der Waals surface area contributed by atoms with Gasteiger partial charge < -0.3 is 5.11 Å². The van der Waals surface area contributed by atoms with Gasteiger partial charge in [0.15, 0.2) is 0 Å². The van der Waals surface area contributed by atoms with Gasteiger partial charge in [0.1, 0.15) is 11.6 Å². The number of benzene rings is 1. The summed E-state index contributed by atoms with van der Waals surface area (Å²) >= 11 is 1.17. The molecule has 0 aromatic heterocycles. The second-order valence-electron chi connectivity index (χ2n) is 3.98. The summed E-state index contributed by atoms with van der Waals surface area (Å²) in [7, 11) is 0. The number of thioether (sulfide) groups is 1. The van der Waals surface area contributed by atoms with E-state index >= 15 is 0 Å². The van der Waals surface area contributed by atoms with Gasteiger partial charge in [0.25, 0.3) is 0 Å². The molecule has 1 aliphatic rings. The molecule has 0 atom stereocenters. The van der Waals surface area contributed by atoms with Gasteiger partial charge in [0.2, 0.25) is 0 Å². The average Bonchev–Trinajstić information content (AvgIpc) is 2.89. The van der Waals surface area contributed by atoms with Gasteiger partial charge in [0, 0.05) is 11.3 Å². The average molecular weight is 230 g/mol. The molecule has 0 heterocycles. The van der Waals surface area contributed by atoms with Crippen LogP contribution in [0, 0.1) is 11.6 Å². The zero-order valence-electron chi connectivity index (χ0n) is 8.39. The highest BCUT2D eigenvalue weighted by Gasteiger charge is 2.41. The molecule has 1 fully saturated rings. The molecule has 4 heteroatoms. The maximum atomic E-state index is 13.7. The summed E-state index contributed by atoms with van der Waals surface area (Å²) in [5, 5.41) is 9.67. The lowest BCUT2D eigenvalue weighted by atomic mass is 10.1. The van der Waals surface area contributed by atoms with E-state index in [9.17, 15) is 13.9 Å². The van der Waals surface area contributed by atoms with Gasteiger partial charge in [-0.1, -0.05) is 0 Å². The molecule has 1 aromatic carbocycles. The van der Waals surface area contributed by atoms with Crippen molar-refractivity contribution in [2.24, 2.45) is 0 Å². The van der Waals surface area contributed by atoms with Crippen LogP contribution < -0.4 is 0 Å². The van der Waals surface area contributed by atoms with Crippen LogP contribution in [0.25, 0.3) is 0 Å². The summed E-state index contributed by atoms with van der Waals surface area (Å²) in [6.45, 7) is 0. The Morgan fingerprint density at radius 3 is 2.60 bits per heavy atom. The first-order chi connectivity index (χ1) is 7.04. The second-order valence-corrected chi connectivity index (χ2v) is 4.83. The highest BCUT2D eigenvalue weighted by atomic mass is 32.2. The molecule has 2 rings (SSSR count). The summed E-state index contributed by atoms with van der Waals surface area (Å²) in [4.78, 5) is 0.300. The molecule has 82 valence electrons. The molecule has 0 amide bonds. The monoisotopic (exact) mass is 230 g/mol. The molecule has 0 spiro atoms. The third-order valence-electron chi connectivity index (χ3n) is 2.65. The first-order valence-electron chi connectivity index (χ1n) is 4.78. The first-order valence-corrected chi connectivity index (χ1v) is 6.01. The van der Waals surface area contributed by atoms with Crippen LogP contribution in [0.3, 0.4) is 0 Å². The lowest BCUT2D eigenvalue weighted by molar-refractivity contribution is 0.149. The number of halogens is 2. The van der Waals surface area contributed by atoms with E-state index in [1.54, 1.807) is 6.26 Å². The first kappa shape index (κ1) is 10.9. The van der Waals surface area contributed by atoms with E-state index in [1.807, 2.05) is 0 Å². The normalized spacial score (nSPS) is 17.9. The van der Waals surface area contributed by atoms with Gasteiger partial charge in [-0.3, -0.25) is 0 Å². The van der Waals surface area contributed by atoms with Crippen LogP contribution in [0.15, 0.2) is 17.0 Å². The summed E-state index contributed by atoms with van der Waals surface area (Å²) in [6, 6.07) is 2.35. The second kappa shape index (κ2) is 3.76. The maximum Gasteiger partial charge on any atom is 0.140 e. The summed E-state index contributed by atoms with van der Waals surface area (Å²) in [5.41, 5.74) is -0.510. The van der Waals surface area contributed by atoms with Gasteiger partial charge in [-0.05, 0) is 36.8 Å². The number of rotatable bonds is 3. The van der Waals surface area contributed by atoms with Crippen molar-refractivity contribution in [1.82, 2.24) is 0 Å². The zero-order chi connectivity index (χ0) is 11.1. The minimum absolute atomic E-state index is 0.212. The molecule has 15 heavy (non-hydrogen) atoms. The lowest BCUT2D eigenvalue weighted by Gasteiger charge is -2.10. The Morgan fingerprint density at radius 2 is 2.07 bits per heavy atom. The molecule has 0 radical (unpaired) electrons. The van der Waals surface area contributed by atoms with E-state index in [0.29, 0.717) is 17.7 Å². The fraction of sp³-hybridized carbons (Fsp3) is 0.455. The van der Waals surface area contributed by atoms with Crippen molar-refractivity contribution in [2.45, 2.75) is 29.8 Å². The molecule has 1 aliphatic carbocycles. The van der Waals surface area contributed by atoms with Crippen molar-refractivity contribution in [2.75, 3.05) is 6.26 Å². The van der Waals surface area contributed by atoms with E-state index in [0.717, 1.165) is 0 Å². The number of hydrogen-bond acceptors (Lipinski definition) is 2. The van der Waals surface area contributed by atoms with Gasteiger partial charge >= 0.3 is 0 Å². The van der Waals surface area contributed by atoms with Gasteiger partial charge in [-0.25, -0.2) is 8.78 Å². The Labute approximate surface area is 91.5 Å². The topological polar surface area (TPSA) is 20.2 Å². The van der Waals surface area contributed by atoms with Gasteiger partial charge in [0.05, 0.1) is 5.60 Å².